The number of amides is 1. The summed E-state index contributed by atoms with van der Waals surface area (Å²) >= 11 is 9.24. The van der Waals surface area contributed by atoms with Crippen molar-refractivity contribution in [1.29, 1.82) is 0 Å². The highest BCUT2D eigenvalue weighted by molar-refractivity contribution is 9.10. The van der Waals surface area contributed by atoms with Gasteiger partial charge < -0.3 is 10.6 Å². The van der Waals surface area contributed by atoms with Crippen LogP contribution in [-0.2, 0) is 4.79 Å². The number of hydrogen-bond donors (Lipinski definition) is 2. The fourth-order valence-electron chi connectivity index (χ4n) is 1.04. The zero-order valence-electron chi connectivity index (χ0n) is 8.31. The summed E-state index contributed by atoms with van der Waals surface area (Å²) in [7, 11) is 1.80. The Hall–Kier alpha value is -0.580. The third kappa shape index (κ3) is 4.20. The van der Waals surface area contributed by atoms with E-state index in [-0.39, 0.29) is 5.91 Å². The fraction of sp³-hybridized carbons (Fsp3) is 0.300. The lowest BCUT2D eigenvalue weighted by molar-refractivity contribution is -0.116. The Morgan fingerprint density at radius 3 is 2.93 bits per heavy atom. The normalized spacial score (nSPS) is 10.1. The summed E-state index contributed by atoms with van der Waals surface area (Å²) in [5.41, 5.74) is 0.632. The van der Waals surface area contributed by atoms with Gasteiger partial charge in [0.15, 0.2) is 0 Å². The highest BCUT2D eigenvalue weighted by Gasteiger charge is 2.05. The van der Waals surface area contributed by atoms with Crippen molar-refractivity contribution >= 4 is 39.1 Å². The molecule has 0 aliphatic carbocycles. The van der Waals surface area contributed by atoms with E-state index in [1.54, 1.807) is 19.2 Å². The molecule has 5 heteroatoms. The second-order valence-corrected chi connectivity index (χ2v) is 4.35. The number of rotatable bonds is 4. The third-order valence-corrected chi connectivity index (χ3v) is 2.63. The molecule has 0 radical (unpaired) electrons. The molecular formula is C10H12BrClN2O. The zero-order valence-corrected chi connectivity index (χ0v) is 10.7. The average Bonchev–Trinajstić information content (AvgIpc) is 2.20. The molecule has 0 unspecified atom stereocenters. The summed E-state index contributed by atoms with van der Waals surface area (Å²) in [6.07, 6.45) is 0.430. The Kier molecular flexibility index (Phi) is 5.08. The Labute approximate surface area is 102 Å². The Morgan fingerprint density at radius 1 is 1.53 bits per heavy atom. The van der Waals surface area contributed by atoms with E-state index in [1.807, 2.05) is 6.07 Å². The number of halogens is 2. The maximum atomic E-state index is 11.4. The largest absolute Gasteiger partial charge is 0.325 e. The number of hydrogen-bond acceptors (Lipinski definition) is 2. The summed E-state index contributed by atoms with van der Waals surface area (Å²) in [5.74, 6) is -0.0515. The van der Waals surface area contributed by atoms with Crippen molar-refractivity contribution < 1.29 is 4.79 Å². The topological polar surface area (TPSA) is 41.1 Å². The van der Waals surface area contributed by atoms with Crippen LogP contribution < -0.4 is 10.6 Å². The van der Waals surface area contributed by atoms with Gasteiger partial charge in [0.2, 0.25) is 5.91 Å². The standard InChI is InChI=1S/C10H12BrClN2O/c1-13-5-4-10(15)14-9-6-7(11)2-3-8(9)12/h2-3,6,13H,4-5H2,1H3,(H,14,15). The number of benzene rings is 1. The minimum absolute atomic E-state index is 0.0515. The van der Waals surface area contributed by atoms with Crippen LogP contribution in [0.3, 0.4) is 0 Å². The first-order valence-corrected chi connectivity index (χ1v) is 5.70. The fourth-order valence-corrected chi connectivity index (χ4v) is 1.57. The van der Waals surface area contributed by atoms with Gasteiger partial charge in [-0.3, -0.25) is 4.79 Å². The predicted octanol–water partition coefficient (Wildman–Crippen LogP) is 2.65. The monoisotopic (exact) mass is 290 g/mol. The Balaban J connectivity index is 2.63. The Bertz CT molecular complexity index is 357. The smallest absolute Gasteiger partial charge is 0.225 e. The molecule has 0 aromatic heterocycles. The van der Waals surface area contributed by atoms with E-state index >= 15 is 0 Å². The van der Waals surface area contributed by atoms with Gasteiger partial charge >= 0.3 is 0 Å². The first kappa shape index (κ1) is 12.5. The lowest BCUT2D eigenvalue weighted by Gasteiger charge is -2.07. The minimum Gasteiger partial charge on any atom is -0.325 e. The van der Waals surface area contributed by atoms with E-state index in [2.05, 4.69) is 26.6 Å². The molecule has 0 fully saturated rings. The highest BCUT2D eigenvalue weighted by atomic mass is 79.9. The van der Waals surface area contributed by atoms with Gasteiger partial charge in [0.25, 0.3) is 0 Å². The molecule has 1 aromatic rings. The molecule has 0 spiro atoms. The van der Waals surface area contributed by atoms with E-state index in [9.17, 15) is 4.79 Å². The first-order chi connectivity index (χ1) is 7.13. The van der Waals surface area contributed by atoms with E-state index in [4.69, 9.17) is 11.6 Å². The van der Waals surface area contributed by atoms with E-state index in [1.165, 1.54) is 0 Å². The second-order valence-electron chi connectivity index (χ2n) is 3.03. The van der Waals surface area contributed by atoms with Gasteiger partial charge in [-0.15, -0.1) is 0 Å². The molecule has 82 valence electrons. The van der Waals surface area contributed by atoms with Crippen LogP contribution in [0.5, 0.6) is 0 Å². The molecule has 2 N–H and O–H groups in total. The van der Waals surface area contributed by atoms with Gasteiger partial charge in [-0.05, 0) is 25.2 Å². The van der Waals surface area contributed by atoms with Crippen LogP contribution in [0.15, 0.2) is 22.7 Å². The molecule has 1 aromatic carbocycles. The van der Waals surface area contributed by atoms with Gasteiger partial charge in [-0.1, -0.05) is 27.5 Å². The minimum atomic E-state index is -0.0515. The maximum absolute atomic E-state index is 11.4. The molecule has 1 rings (SSSR count). The van der Waals surface area contributed by atoms with Gasteiger partial charge in [0.1, 0.15) is 0 Å². The van der Waals surface area contributed by atoms with E-state index in [0.717, 1.165) is 4.47 Å². The second kappa shape index (κ2) is 6.10. The van der Waals surface area contributed by atoms with Crippen LogP contribution in [0.25, 0.3) is 0 Å². The van der Waals surface area contributed by atoms with Gasteiger partial charge in [0, 0.05) is 17.4 Å². The summed E-state index contributed by atoms with van der Waals surface area (Å²) < 4.78 is 0.885. The van der Waals surface area contributed by atoms with Gasteiger partial charge in [-0.25, -0.2) is 0 Å². The van der Waals surface area contributed by atoms with Gasteiger partial charge in [0.05, 0.1) is 10.7 Å². The molecule has 0 saturated heterocycles. The predicted molar refractivity (Wildman–Crippen MR) is 66.3 cm³/mol. The maximum Gasteiger partial charge on any atom is 0.225 e. The van der Waals surface area contributed by atoms with Crippen LogP contribution in [0.4, 0.5) is 5.69 Å². The lowest BCUT2D eigenvalue weighted by Crippen LogP contribution is -2.18. The van der Waals surface area contributed by atoms with Crippen molar-refractivity contribution in [2.75, 3.05) is 18.9 Å². The SMILES string of the molecule is CNCCC(=O)Nc1cc(Br)ccc1Cl. The summed E-state index contributed by atoms with van der Waals surface area (Å²) in [5, 5.41) is 6.19. The molecule has 0 aliphatic rings. The van der Waals surface area contributed by atoms with E-state index in [0.29, 0.717) is 23.7 Å². The molecule has 0 heterocycles. The van der Waals surface area contributed by atoms with Crippen LogP contribution in [0.1, 0.15) is 6.42 Å². The number of carbonyl (C=O) groups is 1. The van der Waals surface area contributed by atoms with Crippen molar-refractivity contribution in [2.24, 2.45) is 0 Å². The molecule has 1 amide bonds. The number of anilines is 1. The third-order valence-electron chi connectivity index (χ3n) is 1.80. The summed E-state index contributed by atoms with van der Waals surface area (Å²) in [4.78, 5) is 11.4. The van der Waals surface area contributed by atoms with Gasteiger partial charge in [-0.2, -0.15) is 0 Å². The Morgan fingerprint density at radius 2 is 2.27 bits per heavy atom. The molecule has 0 atom stereocenters. The van der Waals surface area contributed by atoms with Crippen molar-refractivity contribution in [2.45, 2.75) is 6.42 Å². The molecule has 0 aliphatic heterocycles. The van der Waals surface area contributed by atoms with Crippen molar-refractivity contribution in [3.63, 3.8) is 0 Å². The highest BCUT2D eigenvalue weighted by Crippen LogP contribution is 2.25. The van der Waals surface area contributed by atoms with Crippen molar-refractivity contribution in [3.8, 4) is 0 Å². The van der Waals surface area contributed by atoms with Crippen LogP contribution in [0, 0.1) is 0 Å². The summed E-state index contributed by atoms with van der Waals surface area (Å²) in [6, 6.07) is 5.34. The van der Waals surface area contributed by atoms with Crippen LogP contribution >= 0.6 is 27.5 Å². The zero-order chi connectivity index (χ0) is 11.3. The molecule has 3 nitrogen and oxygen atoms in total. The van der Waals surface area contributed by atoms with E-state index < -0.39 is 0 Å². The van der Waals surface area contributed by atoms with Crippen molar-refractivity contribution in [1.82, 2.24) is 5.32 Å². The molecular weight excluding hydrogens is 279 g/mol. The number of nitrogens with one attached hydrogen (secondary N) is 2. The average molecular weight is 292 g/mol. The molecule has 0 bridgehead atoms. The lowest BCUT2D eigenvalue weighted by atomic mass is 10.3. The quantitative estimate of drug-likeness (QED) is 0.895. The number of carbonyl (C=O) groups excluding carboxylic acids is 1. The first-order valence-electron chi connectivity index (χ1n) is 4.53. The molecule has 15 heavy (non-hydrogen) atoms. The van der Waals surface area contributed by atoms with Crippen LogP contribution in [-0.4, -0.2) is 19.5 Å². The van der Waals surface area contributed by atoms with Crippen LogP contribution in [0.2, 0.25) is 5.02 Å². The van der Waals surface area contributed by atoms with Crippen molar-refractivity contribution in [3.05, 3.63) is 27.7 Å². The molecule has 0 saturated carbocycles. The summed E-state index contributed by atoms with van der Waals surface area (Å²) in [6.45, 7) is 0.650.